The summed E-state index contributed by atoms with van der Waals surface area (Å²) in [5, 5.41) is 3.54. The van der Waals surface area contributed by atoms with Gasteiger partial charge in [-0.2, -0.15) is 0 Å². The number of furan rings is 2. The smallest absolute Gasteiger partial charge is 0.195 e. The second-order valence-electron chi connectivity index (χ2n) is 11.2. The molecule has 0 saturated heterocycles. The molecule has 3 aromatic heterocycles. The van der Waals surface area contributed by atoms with Gasteiger partial charge < -0.3 is 8.83 Å². The van der Waals surface area contributed by atoms with Gasteiger partial charge in [-0.3, -0.25) is 0 Å². The van der Waals surface area contributed by atoms with E-state index in [1.54, 1.807) is 0 Å². The van der Waals surface area contributed by atoms with Crippen molar-refractivity contribution in [2.24, 2.45) is 5.41 Å². The molecule has 0 N–H and O–H groups in total. The fourth-order valence-electron chi connectivity index (χ4n) is 4.61. The van der Waals surface area contributed by atoms with Crippen molar-refractivity contribution >= 4 is 32.8 Å². The van der Waals surface area contributed by atoms with Crippen LogP contribution in [0.15, 0.2) is 57.4 Å². The van der Waals surface area contributed by atoms with Crippen molar-refractivity contribution in [3.63, 3.8) is 0 Å². The molecule has 32 heavy (non-hydrogen) atoms. The molecule has 0 atom stereocenters. The van der Waals surface area contributed by atoms with Gasteiger partial charge >= 0.3 is 0 Å². The zero-order valence-corrected chi connectivity index (χ0v) is 20.1. The first-order chi connectivity index (χ1) is 15.0. The lowest BCUT2D eigenvalue weighted by atomic mass is 9.82. The van der Waals surface area contributed by atoms with Crippen LogP contribution >= 0.6 is 0 Å². The second-order valence-corrected chi connectivity index (χ2v) is 11.2. The maximum absolute atomic E-state index is 6.38. The van der Waals surface area contributed by atoms with Crippen LogP contribution in [0.25, 0.3) is 44.1 Å². The quantitative estimate of drug-likeness (QED) is 0.284. The predicted molar refractivity (Wildman–Crippen MR) is 133 cm³/mol. The van der Waals surface area contributed by atoms with E-state index in [9.17, 15) is 0 Å². The Morgan fingerprint density at radius 3 is 2.28 bits per heavy atom. The van der Waals surface area contributed by atoms with Crippen molar-refractivity contribution in [1.29, 1.82) is 0 Å². The summed E-state index contributed by atoms with van der Waals surface area (Å²) in [4.78, 5) is 5.08. The van der Waals surface area contributed by atoms with E-state index in [0.29, 0.717) is 0 Å². The van der Waals surface area contributed by atoms with Gasteiger partial charge in [-0.05, 0) is 52.3 Å². The topological polar surface area (TPSA) is 39.2 Å². The van der Waals surface area contributed by atoms with Crippen LogP contribution in [0.5, 0.6) is 0 Å². The first-order valence-corrected chi connectivity index (χ1v) is 11.4. The average molecular weight is 426 g/mol. The molecule has 3 nitrogen and oxygen atoms in total. The molecule has 5 aromatic rings. The van der Waals surface area contributed by atoms with Crippen molar-refractivity contribution in [3.05, 3.63) is 65.6 Å². The van der Waals surface area contributed by atoms with Crippen LogP contribution in [0.4, 0.5) is 0 Å². The third kappa shape index (κ3) is 3.60. The minimum atomic E-state index is 0.0127. The van der Waals surface area contributed by atoms with Gasteiger partial charge in [0, 0.05) is 18.1 Å². The molecule has 3 heterocycles. The number of benzene rings is 2. The minimum Gasteiger partial charge on any atom is -0.457 e. The van der Waals surface area contributed by atoms with Crippen LogP contribution in [0.3, 0.4) is 0 Å². The molecule has 0 unspecified atom stereocenters. The molecule has 164 valence electrons. The molecule has 0 saturated carbocycles. The van der Waals surface area contributed by atoms with Crippen molar-refractivity contribution in [2.45, 2.75) is 60.3 Å². The van der Waals surface area contributed by atoms with Gasteiger partial charge in [0.1, 0.15) is 17.0 Å². The summed E-state index contributed by atoms with van der Waals surface area (Å²) in [6.07, 6.45) is 0.854. The van der Waals surface area contributed by atoms with Crippen LogP contribution in [-0.2, 0) is 11.8 Å². The van der Waals surface area contributed by atoms with Crippen molar-refractivity contribution in [3.8, 4) is 11.3 Å². The van der Waals surface area contributed by atoms with Crippen molar-refractivity contribution in [1.82, 2.24) is 4.98 Å². The number of hydrogen-bond donors (Lipinski definition) is 0. The van der Waals surface area contributed by atoms with Crippen molar-refractivity contribution in [2.75, 3.05) is 0 Å². The van der Waals surface area contributed by atoms with E-state index in [0.717, 1.165) is 51.3 Å². The Balaban J connectivity index is 1.84. The molecule has 0 radical (unpaired) electrons. The Labute approximate surface area is 189 Å². The number of pyridine rings is 1. The van der Waals surface area contributed by atoms with E-state index in [2.05, 4.69) is 84.0 Å². The first-order valence-electron chi connectivity index (χ1n) is 11.4. The van der Waals surface area contributed by atoms with Gasteiger partial charge in [-0.15, -0.1) is 0 Å². The van der Waals surface area contributed by atoms with E-state index < -0.39 is 0 Å². The Bertz CT molecular complexity index is 1470. The molecule has 0 amide bonds. The van der Waals surface area contributed by atoms with E-state index in [-0.39, 0.29) is 10.8 Å². The Hall–Kier alpha value is -3.07. The normalized spacial score (nSPS) is 13.0. The van der Waals surface area contributed by atoms with Crippen LogP contribution in [0.2, 0.25) is 0 Å². The molecule has 0 bridgehead atoms. The number of aromatic nitrogens is 1. The third-order valence-corrected chi connectivity index (χ3v) is 5.96. The van der Waals surface area contributed by atoms with Gasteiger partial charge in [0.05, 0.1) is 11.1 Å². The van der Waals surface area contributed by atoms with Crippen LogP contribution in [-0.4, -0.2) is 4.98 Å². The maximum Gasteiger partial charge on any atom is 0.195 e. The highest BCUT2D eigenvalue weighted by atomic mass is 16.4. The fraction of sp³-hybridized carbons (Fsp3) is 0.345. The summed E-state index contributed by atoms with van der Waals surface area (Å²) >= 11 is 0. The molecule has 0 fully saturated rings. The van der Waals surface area contributed by atoms with Gasteiger partial charge in [-0.1, -0.05) is 65.8 Å². The van der Waals surface area contributed by atoms with Gasteiger partial charge in [0.15, 0.2) is 11.2 Å². The summed E-state index contributed by atoms with van der Waals surface area (Å²) in [5.41, 5.74) is 5.90. The summed E-state index contributed by atoms with van der Waals surface area (Å²) < 4.78 is 12.4. The maximum atomic E-state index is 6.38. The van der Waals surface area contributed by atoms with Gasteiger partial charge in [0.2, 0.25) is 0 Å². The highest BCUT2D eigenvalue weighted by Crippen LogP contribution is 2.40. The third-order valence-electron chi connectivity index (χ3n) is 5.96. The molecular formula is C29H31NO2. The summed E-state index contributed by atoms with van der Waals surface area (Å²) in [5.74, 6) is 1.81. The summed E-state index contributed by atoms with van der Waals surface area (Å²) in [6.45, 7) is 15.4. The SMILES string of the molecule is Cc1cc2nc(-c3cc(C(C)(C)C)c4ccccc4c3)c3cc(CC(C)(C)C)oc3c2o1. The first kappa shape index (κ1) is 20.8. The zero-order chi connectivity index (χ0) is 22.8. The molecule has 0 aliphatic carbocycles. The monoisotopic (exact) mass is 425 g/mol. The summed E-state index contributed by atoms with van der Waals surface area (Å²) in [6, 6.07) is 17.3. The second kappa shape index (κ2) is 6.96. The van der Waals surface area contributed by atoms with Gasteiger partial charge in [-0.25, -0.2) is 4.98 Å². The Kier molecular flexibility index (Phi) is 4.53. The van der Waals surface area contributed by atoms with E-state index in [4.69, 9.17) is 13.8 Å². The lowest BCUT2D eigenvalue weighted by molar-refractivity contribution is 0.370. The highest BCUT2D eigenvalue weighted by molar-refractivity contribution is 6.07. The largest absolute Gasteiger partial charge is 0.457 e. The van der Waals surface area contributed by atoms with Crippen LogP contribution < -0.4 is 0 Å². The number of hydrogen-bond acceptors (Lipinski definition) is 3. The highest BCUT2D eigenvalue weighted by Gasteiger charge is 2.23. The fourth-order valence-corrected chi connectivity index (χ4v) is 4.61. The van der Waals surface area contributed by atoms with E-state index >= 15 is 0 Å². The number of nitrogens with zero attached hydrogens (tertiary/aromatic N) is 1. The molecule has 0 spiro atoms. The molecule has 0 aliphatic rings. The summed E-state index contributed by atoms with van der Waals surface area (Å²) in [7, 11) is 0. The molecule has 3 heteroatoms. The minimum absolute atomic E-state index is 0.0127. The average Bonchev–Trinajstić information content (AvgIpc) is 3.26. The lowest BCUT2D eigenvalue weighted by Gasteiger charge is -2.22. The van der Waals surface area contributed by atoms with E-state index in [1.165, 1.54) is 16.3 Å². The van der Waals surface area contributed by atoms with Crippen molar-refractivity contribution < 1.29 is 8.83 Å². The zero-order valence-electron chi connectivity index (χ0n) is 20.1. The molecule has 0 aliphatic heterocycles. The number of aryl methyl sites for hydroxylation is 1. The van der Waals surface area contributed by atoms with Crippen LogP contribution in [0.1, 0.15) is 58.6 Å². The predicted octanol–water partition coefficient (Wildman–Crippen LogP) is 8.59. The Morgan fingerprint density at radius 2 is 1.56 bits per heavy atom. The Morgan fingerprint density at radius 1 is 0.812 bits per heavy atom. The molecular weight excluding hydrogens is 394 g/mol. The number of fused-ring (bicyclic) bond motifs is 4. The standard InChI is InChI=1S/C29H31NO2/c1-17-12-24-27(31-17)26-22(15-20(32-26)16-28(2,3)4)25(30-24)19-13-18-10-8-9-11-21(18)23(14-19)29(5,6)7/h8-15H,16H2,1-7H3. The molecule has 5 rings (SSSR count). The molecule has 2 aromatic carbocycles. The lowest BCUT2D eigenvalue weighted by Crippen LogP contribution is -2.12. The number of rotatable bonds is 2. The van der Waals surface area contributed by atoms with E-state index in [1.807, 2.05) is 13.0 Å². The van der Waals surface area contributed by atoms with Crippen LogP contribution in [0, 0.1) is 12.3 Å². The van der Waals surface area contributed by atoms with Gasteiger partial charge in [0.25, 0.3) is 0 Å².